The number of phenolic OH excluding ortho intramolecular Hbond substituents is 1. The van der Waals surface area contributed by atoms with E-state index >= 15 is 0 Å². The van der Waals surface area contributed by atoms with Gasteiger partial charge in [0.15, 0.2) is 0 Å². The van der Waals surface area contributed by atoms with Gasteiger partial charge in [0.25, 0.3) is 0 Å². The molecule has 0 amide bonds. The number of phenols is 1. The van der Waals surface area contributed by atoms with Crippen molar-refractivity contribution in [3.63, 3.8) is 0 Å². The molecular formula is C21H34O3S. The molecule has 1 aromatic carbocycles. The number of hydrogen-bond acceptors (Lipinski definition) is 4. The molecule has 1 N–H and O–H groups in total. The second-order valence-corrected chi connectivity index (χ2v) is 9.30. The fraction of sp³-hybridized carbons (Fsp3) is 0.667. The summed E-state index contributed by atoms with van der Waals surface area (Å²) in [4.78, 5) is 11.6. The summed E-state index contributed by atoms with van der Waals surface area (Å²) in [6, 6.07) is 4.18. The van der Waals surface area contributed by atoms with E-state index in [0.29, 0.717) is 17.9 Å². The van der Waals surface area contributed by atoms with Gasteiger partial charge in [0.05, 0.1) is 12.5 Å². The smallest absolute Gasteiger partial charge is 0.306 e. The number of carbonyl (C=O) groups excluding carboxylic acids is 1. The summed E-state index contributed by atoms with van der Waals surface area (Å²) >= 11 is 4.05. The predicted molar refractivity (Wildman–Crippen MR) is 108 cm³/mol. The van der Waals surface area contributed by atoms with Crippen molar-refractivity contribution in [1.29, 1.82) is 0 Å². The third-order valence-electron chi connectivity index (χ3n) is 4.27. The van der Waals surface area contributed by atoms with Crippen LogP contribution in [-0.2, 0) is 26.8 Å². The molecule has 25 heavy (non-hydrogen) atoms. The average molecular weight is 367 g/mol. The summed E-state index contributed by atoms with van der Waals surface area (Å²) in [5.41, 5.74) is 2.84. The summed E-state index contributed by atoms with van der Waals surface area (Å²) in [7, 11) is 0. The number of ether oxygens (including phenoxy) is 1. The Morgan fingerprint density at radius 2 is 1.60 bits per heavy atom. The summed E-state index contributed by atoms with van der Waals surface area (Å²) < 4.78 is 5.39. The van der Waals surface area contributed by atoms with E-state index < -0.39 is 0 Å². The fourth-order valence-corrected chi connectivity index (χ4v) is 2.97. The lowest BCUT2D eigenvalue weighted by atomic mass is 9.78. The minimum absolute atomic E-state index is 0.127. The number of rotatable bonds is 6. The topological polar surface area (TPSA) is 46.5 Å². The van der Waals surface area contributed by atoms with Crippen LogP contribution < -0.4 is 0 Å². The Balaban J connectivity index is 3.02. The lowest BCUT2D eigenvalue weighted by Crippen LogP contribution is -2.19. The molecule has 0 fully saturated rings. The molecule has 0 aromatic heterocycles. The van der Waals surface area contributed by atoms with Crippen LogP contribution in [0.15, 0.2) is 12.1 Å². The molecule has 3 nitrogen and oxygen atoms in total. The van der Waals surface area contributed by atoms with Gasteiger partial charge < -0.3 is 9.84 Å². The van der Waals surface area contributed by atoms with Crippen LogP contribution in [0.4, 0.5) is 0 Å². The number of thiol groups is 1. The molecule has 0 aliphatic carbocycles. The molecule has 0 saturated heterocycles. The molecule has 0 radical (unpaired) electrons. The monoisotopic (exact) mass is 366 g/mol. The standard InChI is InChI=1S/C21H34O3S/c1-14(24-18(22)10-11-25)8-9-15-12-16(20(2,3)4)19(23)17(13-15)21(5,6)7/h12-14,23,25H,8-11H2,1-7H3. The molecule has 0 heterocycles. The second-order valence-electron chi connectivity index (χ2n) is 8.85. The van der Waals surface area contributed by atoms with Crippen LogP contribution in [0.3, 0.4) is 0 Å². The number of benzene rings is 1. The van der Waals surface area contributed by atoms with Gasteiger partial charge in [-0.25, -0.2) is 0 Å². The summed E-state index contributed by atoms with van der Waals surface area (Å²) in [5.74, 6) is 0.712. The van der Waals surface area contributed by atoms with E-state index in [2.05, 4.69) is 66.3 Å². The van der Waals surface area contributed by atoms with Gasteiger partial charge in [-0.2, -0.15) is 12.6 Å². The first-order valence-electron chi connectivity index (χ1n) is 9.03. The molecule has 4 heteroatoms. The first kappa shape index (κ1) is 21.9. The van der Waals surface area contributed by atoms with Gasteiger partial charge >= 0.3 is 5.97 Å². The number of hydrogen-bond donors (Lipinski definition) is 2. The third kappa shape index (κ3) is 6.58. The van der Waals surface area contributed by atoms with Crippen LogP contribution in [0, 0.1) is 0 Å². The fourth-order valence-electron chi connectivity index (χ4n) is 2.79. The molecule has 1 aromatic rings. The van der Waals surface area contributed by atoms with E-state index in [-0.39, 0.29) is 22.9 Å². The normalized spacial score (nSPS) is 13.6. The van der Waals surface area contributed by atoms with Gasteiger partial charge in [-0.1, -0.05) is 53.7 Å². The lowest BCUT2D eigenvalue weighted by Gasteiger charge is -2.28. The minimum Gasteiger partial charge on any atom is -0.507 e. The lowest BCUT2D eigenvalue weighted by molar-refractivity contribution is -0.147. The van der Waals surface area contributed by atoms with E-state index in [4.69, 9.17) is 4.74 Å². The third-order valence-corrected chi connectivity index (χ3v) is 4.50. The van der Waals surface area contributed by atoms with Crippen LogP contribution in [0.1, 0.15) is 78.0 Å². The Labute approximate surface area is 158 Å². The van der Waals surface area contributed by atoms with Crippen molar-refractivity contribution in [2.45, 2.75) is 84.7 Å². The number of esters is 1. The van der Waals surface area contributed by atoms with E-state index in [9.17, 15) is 9.90 Å². The Bertz CT molecular complexity index is 559. The quantitative estimate of drug-likeness (QED) is 0.539. The molecule has 1 rings (SSSR count). The zero-order valence-electron chi connectivity index (χ0n) is 16.8. The second kappa shape index (κ2) is 8.48. The largest absolute Gasteiger partial charge is 0.507 e. The highest BCUT2D eigenvalue weighted by Gasteiger charge is 2.26. The van der Waals surface area contributed by atoms with Gasteiger partial charge in [-0.15, -0.1) is 0 Å². The zero-order valence-corrected chi connectivity index (χ0v) is 17.7. The molecule has 1 atom stereocenters. The van der Waals surface area contributed by atoms with E-state index in [1.165, 1.54) is 5.56 Å². The maximum absolute atomic E-state index is 11.6. The molecule has 0 aliphatic heterocycles. The molecule has 1 unspecified atom stereocenters. The van der Waals surface area contributed by atoms with Gasteiger partial charge in [-0.05, 0) is 47.3 Å². The van der Waals surface area contributed by atoms with Crippen LogP contribution >= 0.6 is 12.6 Å². The average Bonchev–Trinajstić information content (AvgIpc) is 2.43. The van der Waals surface area contributed by atoms with Crippen LogP contribution in [-0.4, -0.2) is 22.9 Å². The highest BCUT2D eigenvalue weighted by Crippen LogP contribution is 2.40. The van der Waals surface area contributed by atoms with Crippen molar-refractivity contribution in [1.82, 2.24) is 0 Å². The van der Waals surface area contributed by atoms with E-state index in [0.717, 1.165) is 24.0 Å². The minimum atomic E-state index is -0.195. The summed E-state index contributed by atoms with van der Waals surface area (Å²) in [6.45, 7) is 14.6. The first-order valence-corrected chi connectivity index (χ1v) is 9.66. The summed E-state index contributed by atoms with van der Waals surface area (Å²) in [6.07, 6.45) is 1.78. The Morgan fingerprint density at radius 3 is 2.00 bits per heavy atom. The maximum atomic E-state index is 11.6. The zero-order chi connectivity index (χ0) is 19.4. The van der Waals surface area contributed by atoms with Crippen LogP contribution in [0.5, 0.6) is 5.75 Å². The summed E-state index contributed by atoms with van der Waals surface area (Å²) in [5, 5.41) is 10.8. The number of carbonyl (C=O) groups is 1. The van der Waals surface area contributed by atoms with E-state index in [1.807, 2.05) is 6.92 Å². The maximum Gasteiger partial charge on any atom is 0.306 e. The molecule has 0 bridgehead atoms. The van der Waals surface area contributed by atoms with Crippen molar-refractivity contribution in [3.05, 3.63) is 28.8 Å². The van der Waals surface area contributed by atoms with Gasteiger partial charge in [0.1, 0.15) is 5.75 Å². The van der Waals surface area contributed by atoms with Crippen molar-refractivity contribution in [3.8, 4) is 5.75 Å². The van der Waals surface area contributed by atoms with Crippen molar-refractivity contribution in [2.24, 2.45) is 0 Å². The molecular weight excluding hydrogens is 332 g/mol. The van der Waals surface area contributed by atoms with Crippen molar-refractivity contribution in [2.75, 3.05) is 5.75 Å². The van der Waals surface area contributed by atoms with Gasteiger partial charge in [0, 0.05) is 5.75 Å². The Kier molecular flexibility index (Phi) is 7.42. The van der Waals surface area contributed by atoms with Crippen molar-refractivity contribution >= 4 is 18.6 Å². The SMILES string of the molecule is CC(CCc1cc(C(C)(C)C)c(O)c(C(C)(C)C)c1)OC(=O)CCS. The van der Waals surface area contributed by atoms with E-state index in [1.54, 1.807) is 0 Å². The molecule has 0 aliphatic rings. The highest BCUT2D eigenvalue weighted by atomic mass is 32.1. The number of aryl methyl sites for hydroxylation is 1. The van der Waals surface area contributed by atoms with Crippen LogP contribution in [0.25, 0.3) is 0 Å². The first-order chi connectivity index (χ1) is 11.4. The highest BCUT2D eigenvalue weighted by molar-refractivity contribution is 7.80. The van der Waals surface area contributed by atoms with Gasteiger partial charge in [-0.3, -0.25) is 4.79 Å². The number of aromatic hydroxyl groups is 1. The Morgan fingerprint density at radius 1 is 1.12 bits per heavy atom. The Hall–Kier alpha value is -1.16. The molecule has 0 saturated carbocycles. The van der Waals surface area contributed by atoms with Crippen molar-refractivity contribution < 1.29 is 14.6 Å². The molecule has 0 spiro atoms. The molecule has 142 valence electrons. The van der Waals surface area contributed by atoms with Crippen LogP contribution in [0.2, 0.25) is 0 Å². The van der Waals surface area contributed by atoms with Gasteiger partial charge in [0.2, 0.25) is 0 Å². The predicted octanol–water partition coefficient (Wildman–Crippen LogP) is 5.17.